The van der Waals surface area contributed by atoms with Crippen molar-refractivity contribution < 1.29 is 4.79 Å². The molecule has 29 heavy (non-hydrogen) atoms. The van der Waals surface area contributed by atoms with Crippen LogP contribution in [0.15, 0.2) is 59.8 Å². The van der Waals surface area contributed by atoms with Crippen LogP contribution < -0.4 is 5.84 Å². The van der Waals surface area contributed by atoms with E-state index >= 15 is 0 Å². The summed E-state index contributed by atoms with van der Waals surface area (Å²) < 4.78 is 1.35. The number of hydrogen-bond donors (Lipinski definition) is 2. The Morgan fingerprint density at radius 1 is 1.14 bits per heavy atom. The number of carbonyl (C=O) groups excluding carboxylic acids is 1. The van der Waals surface area contributed by atoms with Crippen LogP contribution in [0.5, 0.6) is 0 Å². The van der Waals surface area contributed by atoms with E-state index in [-0.39, 0.29) is 11.5 Å². The van der Waals surface area contributed by atoms with Gasteiger partial charge in [0.05, 0.1) is 11.4 Å². The topological polar surface area (TPSA) is 102 Å². The minimum absolute atomic E-state index is 0.0422. The van der Waals surface area contributed by atoms with Crippen molar-refractivity contribution in [2.45, 2.75) is 12.1 Å². The van der Waals surface area contributed by atoms with Gasteiger partial charge in [-0.05, 0) is 37.3 Å². The molecule has 2 heterocycles. The van der Waals surface area contributed by atoms with Crippen LogP contribution in [0.1, 0.15) is 15.9 Å². The van der Waals surface area contributed by atoms with Crippen molar-refractivity contribution in [2.24, 2.45) is 0 Å². The lowest BCUT2D eigenvalue weighted by Crippen LogP contribution is -2.13. The van der Waals surface area contributed by atoms with Crippen LogP contribution >= 0.6 is 23.4 Å². The number of H-pyrrole nitrogens is 1. The largest absolute Gasteiger partial charge is 0.335 e. The number of carbonyl (C=O) groups is 1. The van der Waals surface area contributed by atoms with Crippen molar-refractivity contribution in [1.82, 2.24) is 25.1 Å². The molecule has 2 aromatic carbocycles. The van der Waals surface area contributed by atoms with Gasteiger partial charge in [-0.1, -0.05) is 53.2 Å². The second-order valence-electron chi connectivity index (χ2n) is 6.43. The van der Waals surface area contributed by atoms with Gasteiger partial charge in [-0.25, -0.2) is 4.68 Å². The van der Waals surface area contributed by atoms with Crippen LogP contribution in [-0.2, 0) is 0 Å². The lowest BCUT2D eigenvalue weighted by atomic mass is 10.1. The third-order valence-corrected chi connectivity index (χ3v) is 5.52. The highest BCUT2D eigenvalue weighted by Crippen LogP contribution is 2.25. The lowest BCUT2D eigenvalue weighted by molar-refractivity contribution is 0.102. The van der Waals surface area contributed by atoms with Gasteiger partial charge >= 0.3 is 0 Å². The number of rotatable bonds is 6. The van der Waals surface area contributed by atoms with E-state index in [4.69, 9.17) is 17.4 Å². The summed E-state index contributed by atoms with van der Waals surface area (Å²) in [6.07, 6.45) is 0. The first-order valence-electron chi connectivity index (χ1n) is 8.76. The quantitative estimate of drug-likeness (QED) is 0.275. The molecule has 0 atom stereocenters. The van der Waals surface area contributed by atoms with Gasteiger partial charge in [-0.15, -0.1) is 10.2 Å². The standard InChI is InChI=1S/C20H17ClN6OS/c1-12-2-4-13(5-3-12)16-10-17(24-23-16)19-25-26-20(27(19)22)29-11-18(28)14-6-8-15(21)9-7-14/h2-10H,11,22H2,1H3,(H,23,24). The molecule has 0 fully saturated rings. The van der Waals surface area contributed by atoms with Gasteiger partial charge in [-0.2, -0.15) is 5.10 Å². The Hall–Kier alpha value is -3.10. The maximum absolute atomic E-state index is 12.3. The molecule has 146 valence electrons. The molecule has 0 saturated carbocycles. The Kier molecular flexibility index (Phi) is 5.37. The van der Waals surface area contributed by atoms with E-state index < -0.39 is 0 Å². The van der Waals surface area contributed by atoms with Crippen LogP contribution in [0.3, 0.4) is 0 Å². The molecule has 0 bridgehead atoms. The van der Waals surface area contributed by atoms with E-state index in [1.807, 2.05) is 37.3 Å². The average Bonchev–Trinajstić information content (AvgIpc) is 3.34. The van der Waals surface area contributed by atoms with E-state index in [1.54, 1.807) is 24.3 Å². The van der Waals surface area contributed by atoms with E-state index in [9.17, 15) is 4.79 Å². The molecule has 9 heteroatoms. The summed E-state index contributed by atoms with van der Waals surface area (Å²) in [5.41, 5.74) is 4.19. The Balaban J connectivity index is 1.48. The molecule has 0 amide bonds. The zero-order chi connectivity index (χ0) is 20.4. The highest BCUT2D eigenvalue weighted by atomic mass is 35.5. The molecule has 4 aromatic rings. The molecule has 3 N–H and O–H groups in total. The monoisotopic (exact) mass is 424 g/mol. The number of aromatic amines is 1. The van der Waals surface area contributed by atoms with Crippen LogP contribution in [0.2, 0.25) is 5.02 Å². The highest BCUT2D eigenvalue weighted by molar-refractivity contribution is 7.99. The number of nitrogens with one attached hydrogen (secondary N) is 1. The average molecular weight is 425 g/mol. The van der Waals surface area contributed by atoms with E-state index in [1.165, 1.54) is 22.0 Å². The minimum atomic E-state index is -0.0422. The SMILES string of the molecule is Cc1ccc(-c2cc(-c3nnc(SCC(=O)c4ccc(Cl)cc4)n3N)[nH]n2)cc1. The molecule has 0 aliphatic heterocycles. The summed E-state index contributed by atoms with van der Waals surface area (Å²) in [6.45, 7) is 2.04. The number of hydrogen-bond acceptors (Lipinski definition) is 6. The molecule has 0 aliphatic rings. The first kappa shape index (κ1) is 19.2. The summed E-state index contributed by atoms with van der Waals surface area (Å²) in [7, 11) is 0. The van der Waals surface area contributed by atoms with Gasteiger partial charge in [0.15, 0.2) is 5.78 Å². The molecular formula is C20H17ClN6OS. The summed E-state index contributed by atoms with van der Waals surface area (Å²) >= 11 is 7.08. The van der Waals surface area contributed by atoms with Crippen LogP contribution in [0.25, 0.3) is 22.8 Å². The normalized spacial score (nSPS) is 11.0. The molecule has 0 radical (unpaired) electrons. The van der Waals surface area contributed by atoms with Gasteiger partial charge in [0.25, 0.3) is 0 Å². The zero-order valence-corrected chi connectivity index (χ0v) is 17.0. The van der Waals surface area contributed by atoms with Crippen molar-refractivity contribution in [3.05, 3.63) is 70.7 Å². The highest BCUT2D eigenvalue weighted by Gasteiger charge is 2.17. The summed E-state index contributed by atoms with van der Waals surface area (Å²) in [4.78, 5) is 12.3. The molecule has 0 spiro atoms. The fraction of sp³-hybridized carbons (Fsp3) is 0.100. The fourth-order valence-electron chi connectivity index (χ4n) is 2.72. The zero-order valence-electron chi connectivity index (χ0n) is 15.5. The first-order valence-corrected chi connectivity index (χ1v) is 10.1. The van der Waals surface area contributed by atoms with Crippen molar-refractivity contribution in [3.8, 4) is 22.8 Å². The molecular weight excluding hydrogens is 408 g/mol. The van der Waals surface area contributed by atoms with Gasteiger partial charge in [0, 0.05) is 16.1 Å². The third-order valence-electron chi connectivity index (χ3n) is 4.33. The molecule has 0 saturated heterocycles. The predicted molar refractivity (Wildman–Crippen MR) is 114 cm³/mol. The second kappa shape index (κ2) is 8.10. The van der Waals surface area contributed by atoms with E-state index in [0.29, 0.717) is 27.3 Å². The number of nitrogens with two attached hydrogens (primary N) is 1. The number of ketones is 1. The number of thioether (sulfide) groups is 1. The summed E-state index contributed by atoms with van der Waals surface area (Å²) in [5, 5.41) is 16.5. The molecule has 2 aromatic heterocycles. The number of aromatic nitrogens is 5. The van der Waals surface area contributed by atoms with Crippen LogP contribution in [0, 0.1) is 6.92 Å². The molecule has 4 rings (SSSR count). The van der Waals surface area contributed by atoms with Crippen LogP contribution in [0.4, 0.5) is 0 Å². The second-order valence-corrected chi connectivity index (χ2v) is 7.81. The van der Waals surface area contributed by atoms with Gasteiger partial charge in [0.1, 0.15) is 5.69 Å². The fourth-order valence-corrected chi connectivity index (χ4v) is 3.59. The Labute approximate surface area is 176 Å². The van der Waals surface area contributed by atoms with Gasteiger partial charge in [-0.3, -0.25) is 9.89 Å². The summed E-state index contributed by atoms with van der Waals surface area (Å²) in [5.74, 6) is 6.73. The van der Waals surface area contributed by atoms with Crippen LogP contribution in [-0.4, -0.2) is 36.6 Å². The Bertz CT molecular complexity index is 1150. The molecule has 0 aliphatic carbocycles. The minimum Gasteiger partial charge on any atom is -0.335 e. The van der Waals surface area contributed by atoms with Crippen molar-refractivity contribution in [2.75, 3.05) is 11.6 Å². The van der Waals surface area contributed by atoms with Crippen molar-refractivity contribution in [3.63, 3.8) is 0 Å². The number of aryl methyl sites for hydroxylation is 1. The number of nitrogens with zero attached hydrogens (tertiary/aromatic N) is 4. The van der Waals surface area contributed by atoms with E-state index in [0.717, 1.165) is 11.3 Å². The molecule has 7 nitrogen and oxygen atoms in total. The smallest absolute Gasteiger partial charge is 0.210 e. The Morgan fingerprint density at radius 3 is 2.59 bits per heavy atom. The summed E-state index contributed by atoms with van der Waals surface area (Å²) in [6, 6.07) is 16.7. The van der Waals surface area contributed by atoms with Gasteiger partial charge < -0.3 is 5.84 Å². The van der Waals surface area contributed by atoms with E-state index in [2.05, 4.69) is 20.4 Å². The van der Waals surface area contributed by atoms with Crippen molar-refractivity contribution >= 4 is 29.1 Å². The van der Waals surface area contributed by atoms with Gasteiger partial charge in [0.2, 0.25) is 11.0 Å². The maximum atomic E-state index is 12.3. The number of halogens is 1. The number of nitrogen functional groups attached to an aromatic ring is 1. The third kappa shape index (κ3) is 4.18. The Morgan fingerprint density at radius 2 is 1.86 bits per heavy atom. The first-order chi connectivity index (χ1) is 14.0. The molecule has 0 unspecified atom stereocenters. The number of Topliss-reactive ketones (excluding diaryl/α,β-unsaturated/α-hetero) is 1. The lowest BCUT2D eigenvalue weighted by Gasteiger charge is -2.02. The predicted octanol–water partition coefficient (Wildman–Crippen LogP) is 3.99. The maximum Gasteiger partial charge on any atom is 0.210 e. The number of benzene rings is 2. The van der Waals surface area contributed by atoms with Crippen molar-refractivity contribution in [1.29, 1.82) is 0 Å².